The van der Waals surface area contributed by atoms with E-state index in [-0.39, 0.29) is 5.91 Å². The first-order valence-electron chi connectivity index (χ1n) is 9.12. The normalized spacial score (nSPS) is 14.7. The fourth-order valence-electron chi connectivity index (χ4n) is 3.39. The highest BCUT2D eigenvalue weighted by Gasteiger charge is 2.25. The molecule has 0 spiro atoms. The molecule has 1 aliphatic rings. The molecule has 0 aromatic heterocycles. The van der Waals surface area contributed by atoms with Crippen LogP contribution in [0.1, 0.15) is 15.9 Å². The largest absolute Gasteiger partial charge is 0.497 e. The van der Waals surface area contributed by atoms with Gasteiger partial charge in [0.1, 0.15) is 23.8 Å². The van der Waals surface area contributed by atoms with Crippen LogP contribution in [0.4, 0.5) is 0 Å². The van der Waals surface area contributed by atoms with E-state index in [2.05, 4.69) is 6.07 Å². The van der Waals surface area contributed by atoms with Crippen molar-refractivity contribution < 1.29 is 23.9 Å². The van der Waals surface area contributed by atoms with Gasteiger partial charge in [-0.1, -0.05) is 0 Å². The molecule has 0 saturated carbocycles. The number of hydrogen-bond acceptors (Lipinski definition) is 4. The molecular weight excluding hydrogens is 344 g/mol. The van der Waals surface area contributed by atoms with Gasteiger partial charge in [-0.05, 0) is 36.4 Å². The second-order valence-corrected chi connectivity index (χ2v) is 6.63. The molecule has 1 fully saturated rings. The molecule has 6 nitrogen and oxygen atoms in total. The lowest BCUT2D eigenvalue weighted by atomic mass is 10.1. The third kappa shape index (κ3) is 4.52. The second-order valence-electron chi connectivity index (χ2n) is 6.63. The molecule has 3 rings (SSSR count). The molecule has 1 amide bonds. The third-order valence-corrected chi connectivity index (χ3v) is 5.03. The summed E-state index contributed by atoms with van der Waals surface area (Å²) in [5.74, 6) is 2.48. The molecule has 0 radical (unpaired) electrons. The number of benzene rings is 2. The summed E-state index contributed by atoms with van der Waals surface area (Å²) in [6.45, 7) is 4.20. The van der Waals surface area contributed by atoms with Crippen molar-refractivity contribution in [3.8, 4) is 17.2 Å². The van der Waals surface area contributed by atoms with Crippen molar-refractivity contribution >= 4 is 5.91 Å². The summed E-state index contributed by atoms with van der Waals surface area (Å²) >= 11 is 0. The molecule has 2 aromatic carbocycles. The maximum atomic E-state index is 12.7. The first kappa shape index (κ1) is 19.0. The molecule has 1 saturated heterocycles. The number of rotatable bonds is 6. The highest BCUT2D eigenvalue weighted by atomic mass is 16.5. The standard InChI is InChI=1S/C21H26N2O4/c1-25-18-7-4-16(5-8-18)21(24)23-12-10-22(11-13-23)15-17-6-9-19(26-2)14-20(17)27-3/h4-9,14H,10-13,15H2,1-3H3/p+1. The van der Waals surface area contributed by atoms with Crippen LogP contribution in [0.15, 0.2) is 42.5 Å². The molecule has 2 aromatic rings. The summed E-state index contributed by atoms with van der Waals surface area (Å²) < 4.78 is 15.9. The number of carbonyl (C=O) groups excluding carboxylic acids is 1. The van der Waals surface area contributed by atoms with E-state index in [9.17, 15) is 4.79 Å². The van der Waals surface area contributed by atoms with Crippen molar-refractivity contribution in [1.29, 1.82) is 0 Å². The van der Waals surface area contributed by atoms with Gasteiger partial charge in [0, 0.05) is 17.2 Å². The Kier molecular flexibility index (Phi) is 6.19. The Bertz CT molecular complexity index is 768. The highest BCUT2D eigenvalue weighted by Crippen LogP contribution is 2.24. The number of carbonyl (C=O) groups is 1. The Morgan fingerprint density at radius 3 is 2.15 bits per heavy atom. The van der Waals surface area contributed by atoms with Crippen molar-refractivity contribution in [2.45, 2.75) is 6.54 Å². The average molecular weight is 371 g/mol. The number of hydrogen-bond donors (Lipinski definition) is 1. The van der Waals surface area contributed by atoms with E-state index in [0.29, 0.717) is 5.56 Å². The summed E-state index contributed by atoms with van der Waals surface area (Å²) in [4.78, 5) is 16.0. The number of nitrogens with one attached hydrogen (secondary N) is 1. The topological polar surface area (TPSA) is 52.4 Å². The molecule has 0 aliphatic carbocycles. The summed E-state index contributed by atoms with van der Waals surface area (Å²) in [6, 6.07) is 13.2. The minimum absolute atomic E-state index is 0.0822. The molecule has 6 heteroatoms. The van der Waals surface area contributed by atoms with Crippen LogP contribution in [-0.4, -0.2) is 58.3 Å². The van der Waals surface area contributed by atoms with Crippen LogP contribution in [0.2, 0.25) is 0 Å². The van der Waals surface area contributed by atoms with Gasteiger partial charge in [-0.15, -0.1) is 0 Å². The maximum absolute atomic E-state index is 12.7. The van der Waals surface area contributed by atoms with E-state index in [1.165, 1.54) is 4.90 Å². The number of methoxy groups -OCH3 is 3. The number of amides is 1. The van der Waals surface area contributed by atoms with E-state index < -0.39 is 0 Å². The molecule has 1 heterocycles. The molecule has 1 aliphatic heterocycles. The Balaban J connectivity index is 1.58. The summed E-state index contributed by atoms with van der Waals surface area (Å²) in [5, 5.41) is 0. The summed E-state index contributed by atoms with van der Waals surface area (Å²) in [6.07, 6.45) is 0. The van der Waals surface area contributed by atoms with E-state index >= 15 is 0 Å². The Morgan fingerprint density at radius 2 is 1.56 bits per heavy atom. The lowest BCUT2D eigenvalue weighted by Gasteiger charge is -2.32. The molecular formula is C21H27N2O4+. The minimum Gasteiger partial charge on any atom is -0.497 e. The Labute approximate surface area is 160 Å². The second kappa shape index (κ2) is 8.77. The first-order valence-corrected chi connectivity index (χ1v) is 9.12. The molecule has 1 N–H and O–H groups in total. The van der Waals surface area contributed by atoms with Crippen molar-refractivity contribution in [3.05, 3.63) is 53.6 Å². The molecule has 27 heavy (non-hydrogen) atoms. The maximum Gasteiger partial charge on any atom is 0.254 e. The lowest BCUT2D eigenvalue weighted by Crippen LogP contribution is -3.13. The Hall–Kier alpha value is -2.73. The van der Waals surface area contributed by atoms with E-state index in [1.807, 2.05) is 41.3 Å². The molecule has 144 valence electrons. The highest BCUT2D eigenvalue weighted by molar-refractivity contribution is 5.94. The minimum atomic E-state index is 0.0822. The van der Waals surface area contributed by atoms with Gasteiger partial charge in [-0.25, -0.2) is 0 Å². The third-order valence-electron chi connectivity index (χ3n) is 5.03. The number of piperazine rings is 1. The van der Waals surface area contributed by atoms with Gasteiger partial charge < -0.3 is 24.0 Å². The smallest absolute Gasteiger partial charge is 0.254 e. The van der Waals surface area contributed by atoms with E-state index in [0.717, 1.165) is 55.5 Å². The predicted molar refractivity (Wildman–Crippen MR) is 103 cm³/mol. The van der Waals surface area contributed by atoms with Gasteiger partial charge in [0.2, 0.25) is 0 Å². The van der Waals surface area contributed by atoms with Crippen LogP contribution < -0.4 is 19.1 Å². The quantitative estimate of drug-likeness (QED) is 0.831. The number of quaternary nitrogens is 1. The zero-order valence-electron chi connectivity index (χ0n) is 16.2. The summed E-state index contributed by atoms with van der Waals surface area (Å²) in [5.41, 5.74) is 1.86. The predicted octanol–water partition coefficient (Wildman–Crippen LogP) is 1.25. The van der Waals surface area contributed by atoms with Crippen molar-refractivity contribution in [2.75, 3.05) is 47.5 Å². The van der Waals surface area contributed by atoms with Crippen LogP contribution in [0.5, 0.6) is 17.2 Å². The van der Waals surface area contributed by atoms with Gasteiger partial charge in [0.05, 0.1) is 47.5 Å². The number of nitrogens with zero attached hydrogens (tertiary/aromatic N) is 1. The van der Waals surface area contributed by atoms with Crippen LogP contribution >= 0.6 is 0 Å². The fraction of sp³-hybridized carbons (Fsp3) is 0.381. The molecule has 0 bridgehead atoms. The van der Waals surface area contributed by atoms with Gasteiger partial charge in [0.15, 0.2) is 0 Å². The first-order chi connectivity index (χ1) is 13.1. The van der Waals surface area contributed by atoms with Crippen LogP contribution in [0.25, 0.3) is 0 Å². The van der Waals surface area contributed by atoms with Crippen LogP contribution in [0, 0.1) is 0 Å². The average Bonchev–Trinajstić information content (AvgIpc) is 2.74. The summed E-state index contributed by atoms with van der Waals surface area (Å²) in [7, 11) is 4.95. The van der Waals surface area contributed by atoms with Crippen LogP contribution in [-0.2, 0) is 6.54 Å². The van der Waals surface area contributed by atoms with Gasteiger partial charge >= 0.3 is 0 Å². The van der Waals surface area contributed by atoms with Crippen LogP contribution in [0.3, 0.4) is 0 Å². The van der Waals surface area contributed by atoms with Crippen molar-refractivity contribution in [3.63, 3.8) is 0 Å². The van der Waals surface area contributed by atoms with Gasteiger partial charge in [-0.3, -0.25) is 4.79 Å². The zero-order chi connectivity index (χ0) is 19.2. The van der Waals surface area contributed by atoms with E-state index in [4.69, 9.17) is 14.2 Å². The monoisotopic (exact) mass is 371 g/mol. The van der Waals surface area contributed by atoms with Crippen molar-refractivity contribution in [1.82, 2.24) is 4.90 Å². The number of ether oxygens (including phenoxy) is 3. The molecule has 0 atom stereocenters. The Morgan fingerprint density at radius 1 is 0.926 bits per heavy atom. The zero-order valence-corrected chi connectivity index (χ0v) is 16.2. The van der Waals surface area contributed by atoms with Gasteiger partial charge in [-0.2, -0.15) is 0 Å². The van der Waals surface area contributed by atoms with E-state index in [1.54, 1.807) is 21.3 Å². The lowest BCUT2D eigenvalue weighted by molar-refractivity contribution is -0.917. The molecule has 0 unspecified atom stereocenters. The van der Waals surface area contributed by atoms with Crippen molar-refractivity contribution in [2.24, 2.45) is 0 Å². The fourth-order valence-corrected chi connectivity index (χ4v) is 3.39. The van der Waals surface area contributed by atoms with Gasteiger partial charge in [0.25, 0.3) is 5.91 Å². The SMILES string of the molecule is COc1ccc(C(=O)N2CC[NH+](Cc3ccc(OC)cc3OC)CC2)cc1.